The lowest BCUT2D eigenvalue weighted by atomic mass is 9.73. The van der Waals surface area contributed by atoms with Crippen molar-refractivity contribution in [1.29, 1.82) is 0 Å². The van der Waals surface area contributed by atoms with Crippen LogP contribution in [0, 0.1) is 17.8 Å². The van der Waals surface area contributed by atoms with Crippen LogP contribution in [0.2, 0.25) is 0 Å². The van der Waals surface area contributed by atoms with Crippen LogP contribution in [0.1, 0.15) is 19.3 Å². The van der Waals surface area contributed by atoms with Gasteiger partial charge in [0.05, 0.1) is 0 Å². The summed E-state index contributed by atoms with van der Waals surface area (Å²) < 4.78 is 0. The van der Waals surface area contributed by atoms with Crippen molar-refractivity contribution in [2.24, 2.45) is 17.8 Å². The maximum atomic E-state index is 11.5. The zero-order valence-corrected chi connectivity index (χ0v) is 8.18. The zero-order valence-electron chi connectivity index (χ0n) is 8.18. The molecule has 1 aliphatic heterocycles. The van der Waals surface area contributed by atoms with Gasteiger partial charge in [-0.05, 0) is 44.2 Å². The third-order valence-electron chi connectivity index (χ3n) is 3.39. The summed E-state index contributed by atoms with van der Waals surface area (Å²) in [4.78, 5) is 11.5. The van der Waals surface area contributed by atoms with Crippen LogP contribution >= 0.6 is 0 Å². The molecule has 2 atom stereocenters. The van der Waals surface area contributed by atoms with E-state index in [1.807, 2.05) is 0 Å². The molecule has 1 amide bonds. The average molecular weight is 182 g/mol. The van der Waals surface area contributed by atoms with Crippen LogP contribution in [0.25, 0.3) is 0 Å². The van der Waals surface area contributed by atoms with Crippen molar-refractivity contribution in [2.45, 2.75) is 19.3 Å². The highest BCUT2D eigenvalue weighted by Crippen LogP contribution is 2.35. The van der Waals surface area contributed by atoms with E-state index in [1.54, 1.807) is 7.05 Å². The Morgan fingerprint density at radius 3 is 2.38 bits per heavy atom. The number of carbonyl (C=O) groups is 1. The van der Waals surface area contributed by atoms with Crippen molar-refractivity contribution in [1.82, 2.24) is 10.6 Å². The van der Waals surface area contributed by atoms with Gasteiger partial charge in [0, 0.05) is 13.0 Å². The molecule has 2 bridgehead atoms. The molecule has 2 rings (SSSR count). The molecular formula is C10H18N2O. The molecule has 1 saturated heterocycles. The second kappa shape index (κ2) is 3.66. The molecule has 3 heteroatoms. The number of carbonyl (C=O) groups excluding carboxylic acids is 1. The number of piperidine rings is 1. The molecule has 0 aromatic heterocycles. The van der Waals surface area contributed by atoms with Gasteiger partial charge in [-0.1, -0.05) is 0 Å². The fourth-order valence-electron chi connectivity index (χ4n) is 2.81. The molecule has 2 aliphatic rings. The third-order valence-corrected chi connectivity index (χ3v) is 3.39. The standard InChI is InChI=1S/C10H18N2O/c1-11-10(13)9-3-7-2-8(4-9)6-12-5-7/h7-9,12H,2-6H2,1H3,(H,11,13). The highest BCUT2D eigenvalue weighted by atomic mass is 16.1. The first-order chi connectivity index (χ1) is 6.29. The van der Waals surface area contributed by atoms with Crippen LogP contribution in [-0.2, 0) is 4.79 Å². The van der Waals surface area contributed by atoms with Gasteiger partial charge in [0.2, 0.25) is 5.91 Å². The average Bonchev–Trinajstić information content (AvgIpc) is 2.16. The monoisotopic (exact) mass is 182 g/mol. The van der Waals surface area contributed by atoms with E-state index in [0.29, 0.717) is 0 Å². The Balaban J connectivity index is 1.97. The van der Waals surface area contributed by atoms with E-state index in [0.717, 1.165) is 37.8 Å². The van der Waals surface area contributed by atoms with Crippen LogP contribution in [-0.4, -0.2) is 26.0 Å². The lowest BCUT2D eigenvalue weighted by Crippen LogP contribution is -2.44. The summed E-state index contributed by atoms with van der Waals surface area (Å²) >= 11 is 0. The van der Waals surface area contributed by atoms with Gasteiger partial charge in [0.1, 0.15) is 0 Å². The van der Waals surface area contributed by atoms with Crippen molar-refractivity contribution in [3.8, 4) is 0 Å². The smallest absolute Gasteiger partial charge is 0.222 e. The lowest BCUT2D eigenvalue weighted by molar-refractivity contribution is -0.126. The minimum absolute atomic E-state index is 0.247. The second-order valence-corrected chi connectivity index (χ2v) is 4.41. The van der Waals surface area contributed by atoms with Crippen LogP contribution in [0.3, 0.4) is 0 Å². The fraction of sp³-hybridized carbons (Fsp3) is 0.900. The SMILES string of the molecule is CNC(=O)C1CC2CNCC(C2)C1. The lowest BCUT2D eigenvalue weighted by Gasteiger charge is -2.38. The quantitative estimate of drug-likeness (QED) is 0.615. The van der Waals surface area contributed by atoms with E-state index in [4.69, 9.17) is 0 Å². The van der Waals surface area contributed by atoms with Gasteiger partial charge < -0.3 is 10.6 Å². The van der Waals surface area contributed by atoms with E-state index < -0.39 is 0 Å². The molecule has 0 radical (unpaired) electrons. The predicted molar refractivity (Wildman–Crippen MR) is 51.3 cm³/mol. The third kappa shape index (κ3) is 1.85. The Hall–Kier alpha value is -0.570. The summed E-state index contributed by atoms with van der Waals surface area (Å²) in [7, 11) is 1.74. The Labute approximate surface area is 79.3 Å². The summed E-state index contributed by atoms with van der Waals surface area (Å²) in [6.07, 6.45) is 3.51. The van der Waals surface area contributed by atoms with Crippen molar-refractivity contribution in [2.75, 3.05) is 20.1 Å². The largest absolute Gasteiger partial charge is 0.359 e. The van der Waals surface area contributed by atoms with Crippen LogP contribution in [0.4, 0.5) is 0 Å². The first-order valence-corrected chi connectivity index (χ1v) is 5.22. The van der Waals surface area contributed by atoms with E-state index in [-0.39, 0.29) is 11.8 Å². The Bertz CT molecular complexity index is 193. The van der Waals surface area contributed by atoms with Gasteiger partial charge >= 0.3 is 0 Å². The number of nitrogens with one attached hydrogen (secondary N) is 2. The Morgan fingerprint density at radius 1 is 1.23 bits per heavy atom. The first-order valence-electron chi connectivity index (χ1n) is 5.22. The van der Waals surface area contributed by atoms with Crippen LogP contribution < -0.4 is 10.6 Å². The maximum absolute atomic E-state index is 11.5. The van der Waals surface area contributed by atoms with E-state index in [2.05, 4.69) is 10.6 Å². The van der Waals surface area contributed by atoms with Gasteiger partial charge in [-0.15, -0.1) is 0 Å². The molecule has 74 valence electrons. The minimum Gasteiger partial charge on any atom is -0.359 e. The first kappa shape index (κ1) is 9.00. The van der Waals surface area contributed by atoms with Crippen molar-refractivity contribution in [3.63, 3.8) is 0 Å². The molecule has 2 fully saturated rings. The number of amides is 1. The number of fused-ring (bicyclic) bond motifs is 2. The molecule has 0 aromatic rings. The van der Waals surface area contributed by atoms with E-state index in [1.165, 1.54) is 6.42 Å². The van der Waals surface area contributed by atoms with Gasteiger partial charge in [-0.25, -0.2) is 0 Å². The maximum Gasteiger partial charge on any atom is 0.222 e. The topological polar surface area (TPSA) is 41.1 Å². The molecule has 3 nitrogen and oxygen atoms in total. The van der Waals surface area contributed by atoms with Crippen molar-refractivity contribution < 1.29 is 4.79 Å². The Kier molecular flexibility index (Phi) is 2.54. The van der Waals surface area contributed by atoms with Gasteiger partial charge in [0.25, 0.3) is 0 Å². The summed E-state index contributed by atoms with van der Waals surface area (Å²) in [6.45, 7) is 2.23. The zero-order chi connectivity index (χ0) is 9.26. The molecule has 1 saturated carbocycles. The second-order valence-electron chi connectivity index (χ2n) is 4.41. The van der Waals surface area contributed by atoms with E-state index >= 15 is 0 Å². The summed E-state index contributed by atoms with van der Waals surface area (Å²) in [6, 6.07) is 0. The molecule has 0 aromatic carbocycles. The molecule has 0 spiro atoms. The fourth-order valence-corrected chi connectivity index (χ4v) is 2.81. The molecule has 2 unspecified atom stereocenters. The summed E-state index contributed by atoms with van der Waals surface area (Å²) in [5.41, 5.74) is 0. The normalized spacial score (nSPS) is 38.4. The minimum atomic E-state index is 0.247. The van der Waals surface area contributed by atoms with Crippen LogP contribution in [0.15, 0.2) is 0 Å². The molecular weight excluding hydrogens is 164 g/mol. The molecule has 1 aliphatic carbocycles. The predicted octanol–water partition coefficient (Wildman–Crippen LogP) is 0.368. The van der Waals surface area contributed by atoms with Gasteiger partial charge in [-0.3, -0.25) is 4.79 Å². The van der Waals surface area contributed by atoms with Gasteiger partial charge in [0.15, 0.2) is 0 Å². The Morgan fingerprint density at radius 2 is 1.85 bits per heavy atom. The highest BCUT2D eigenvalue weighted by molar-refractivity contribution is 5.78. The van der Waals surface area contributed by atoms with Crippen LogP contribution in [0.5, 0.6) is 0 Å². The van der Waals surface area contributed by atoms with Crippen molar-refractivity contribution >= 4 is 5.91 Å². The van der Waals surface area contributed by atoms with Gasteiger partial charge in [-0.2, -0.15) is 0 Å². The number of rotatable bonds is 1. The molecule has 1 heterocycles. The summed E-state index contributed by atoms with van der Waals surface area (Å²) in [5.74, 6) is 2.03. The summed E-state index contributed by atoms with van der Waals surface area (Å²) in [5, 5.41) is 6.20. The van der Waals surface area contributed by atoms with Crippen molar-refractivity contribution in [3.05, 3.63) is 0 Å². The van der Waals surface area contributed by atoms with E-state index in [9.17, 15) is 4.79 Å². The number of hydrogen-bond donors (Lipinski definition) is 2. The molecule has 2 N–H and O–H groups in total. The molecule has 13 heavy (non-hydrogen) atoms. The number of hydrogen-bond acceptors (Lipinski definition) is 2. The highest BCUT2D eigenvalue weighted by Gasteiger charge is 2.34.